The molecular formula is C30H45N9OS. The normalized spacial score (nSPS) is 24.2. The van der Waals surface area contributed by atoms with Gasteiger partial charge in [-0.1, -0.05) is 30.3 Å². The number of fused-ring (bicyclic) bond motifs is 1. The minimum atomic E-state index is -0.286. The van der Waals surface area contributed by atoms with Gasteiger partial charge in [-0.2, -0.15) is 4.98 Å². The molecule has 2 saturated heterocycles. The Morgan fingerprint density at radius 1 is 1.29 bits per heavy atom. The lowest BCUT2D eigenvalue weighted by Crippen LogP contribution is -2.37. The summed E-state index contributed by atoms with van der Waals surface area (Å²) in [4.78, 5) is 23.5. The molecule has 3 aromatic rings. The molecule has 0 aliphatic carbocycles. The number of H-pyrrole nitrogens is 1. The Kier molecular flexibility index (Phi) is 9.82. The van der Waals surface area contributed by atoms with E-state index in [-0.39, 0.29) is 22.9 Å². The van der Waals surface area contributed by atoms with E-state index in [1.165, 1.54) is 23.7 Å². The summed E-state index contributed by atoms with van der Waals surface area (Å²) in [5.74, 6) is 0.861. The van der Waals surface area contributed by atoms with Crippen LogP contribution >= 0.6 is 11.8 Å². The molecular weight excluding hydrogens is 534 g/mol. The van der Waals surface area contributed by atoms with Crippen LogP contribution in [0.4, 0.5) is 0 Å². The van der Waals surface area contributed by atoms with E-state index in [9.17, 15) is 4.79 Å². The quantitative estimate of drug-likeness (QED) is 0.149. The van der Waals surface area contributed by atoms with E-state index < -0.39 is 0 Å². The smallest absolute Gasteiger partial charge is 0.354 e. The number of rotatable bonds is 11. The van der Waals surface area contributed by atoms with Gasteiger partial charge in [-0.3, -0.25) is 14.9 Å². The highest BCUT2D eigenvalue weighted by atomic mass is 32.2. The topological polar surface area (TPSA) is 154 Å². The number of benzene rings is 1. The molecule has 2 fully saturated rings. The van der Waals surface area contributed by atoms with Crippen LogP contribution in [-0.4, -0.2) is 68.6 Å². The SMILES string of the molecule is CN[C@@H]1CC(c2cc3cn(-c4ccc([C@@H]5CCC[C@@H](CCSC(=N)N)N5)cc4)c(=O)nc3[nH]2)N(CCC[C@@H](C)N)C1. The van der Waals surface area contributed by atoms with Crippen molar-refractivity contribution in [2.75, 3.05) is 25.9 Å². The zero-order chi connectivity index (χ0) is 28.9. The molecule has 5 rings (SSSR count). The molecule has 8 N–H and O–H groups in total. The van der Waals surface area contributed by atoms with Crippen LogP contribution in [0, 0.1) is 5.41 Å². The molecule has 1 unspecified atom stereocenters. The molecule has 11 heteroatoms. The molecule has 0 amide bonds. The summed E-state index contributed by atoms with van der Waals surface area (Å²) in [6.07, 6.45) is 9.41. The second-order valence-corrected chi connectivity index (χ2v) is 12.9. The number of nitrogens with zero attached hydrogens (tertiary/aromatic N) is 3. The van der Waals surface area contributed by atoms with Crippen molar-refractivity contribution >= 4 is 28.0 Å². The van der Waals surface area contributed by atoms with E-state index in [1.54, 1.807) is 4.57 Å². The van der Waals surface area contributed by atoms with Gasteiger partial charge in [0, 0.05) is 53.7 Å². The van der Waals surface area contributed by atoms with Gasteiger partial charge in [0.15, 0.2) is 5.17 Å². The van der Waals surface area contributed by atoms with Crippen molar-refractivity contribution in [1.29, 1.82) is 5.41 Å². The third-order valence-corrected chi connectivity index (χ3v) is 9.33. The monoisotopic (exact) mass is 579 g/mol. The van der Waals surface area contributed by atoms with Crippen molar-refractivity contribution in [3.8, 4) is 5.69 Å². The zero-order valence-corrected chi connectivity index (χ0v) is 25.1. The van der Waals surface area contributed by atoms with Crippen molar-refractivity contribution in [2.45, 2.75) is 82.1 Å². The number of likely N-dealkylation sites (tertiary alicyclic amines) is 1. The number of likely N-dealkylation sites (N-methyl/N-ethyl adjacent to an activating group) is 1. The van der Waals surface area contributed by atoms with Crippen LogP contribution in [0.15, 0.2) is 41.3 Å². The van der Waals surface area contributed by atoms with Crippen molar-refractivity contribution < 1.29 is 0 Å². The Labute approximate surface area is 246 Å². The average Bonchev–Trinajstić information content (AvgIpc) is 3.56. The molecule has 2 aliphatic heterocycles. The Morgan fingerprint density at radius 3 is 2.83 bits per heavy atom. The predicted molar refractivity (Wildman–Crippen MR) is 169 cm³/mol. The third kappa shape index (κ3) is 7.39. The van der Waals surface area contributed by atoms with Gasteiger partial charge in [-0.25, -0.2) is 4.79 Å². The highest BCUT2D eigenvalue weighted by molar-refractivity contribution is 8.13. The largest absolute Gasteiger partial charge is 0.379 e. The molecule has 5 atom stereocenters. The van der Waals surface area contributed by atoms with Crippen molar-refractivity contribution in [1.82, 2.24) is 30.1 Å². The first kappa shape index (κ1) is 29.8. The van der Waals surface area contributed by atoms with Gasteiger partial charge in [0.05, 0.1) is 11.7 Å². The van der Waals surface area contributed by atoms with Gasteiger partial charge >= 0.3 is 5.69 Å². The number of hydrogen-bond acceptors (Lipinski definition) is 8. The summed E-state index contributed by atoms with van der Waals surface area (Å²) in [6.45, 7) is 4.06. The number of nitrogens with two attached hydrogens (primary N) is 2. The molecule has 41 heavy (non-hydrogen) atoms. The first-order chi connectivity index (χ1) is 19.8. The first-order valence-corrected chi connectivity index (χ1v) is 15.9. The lowest BCUT2D eigenvalue weighted by Gasteiger charge is -2.31. The highest BCUT2D eigenvalue weighted by Crippen LogP contribution is 2.33. The molecule has 0 saturated carbocycles. The Bertz CT molecular complexity index is 1370. The second kappa shape index (κ2) is 13.5. The van der Waals surface area contributed by atoms with Crippen molar-refractivity contribution in [2.24, 2.45) is 11.5 Å². The van der Waals surface area contributed by atoms with E-state index in [0.29, 0.717) is 23.8 Å². The molecule has 2 aliphatic rings. The van der Waals surface area contributed by atoms with Crippen LogP contribution < -0.4 is 27.8 Å². The van der Waals surface area contributed by atoms with Gasteiger partial charge < -0.3 is 27.1 Å². The maximum atomic E-state index is 13.1. The number of thioether (sulfide) groups is 1. The summed E-state index contributed by atoms with van der Waals surface area (Å²) in [5, 5.41) is 15.7. The Balaban J connectivity index is 1.30. The maximum Gasteiger partial charge on any atom is 0.354 e. The molecule has 10 nitrogen and oxygen atoms in total. The first-order valence-electron chi connectivity index (χ1n) is 14.9. The number of nitrogens with one attached hydrogen (secondary N) is 4. The molecule has 0 radical (unpaired) electrons. The number of hydrogen-bond donors (Lipinski definition) is 6. The van der Waals surface area contributed by atoms with Crippen LogP contribution in [0.2, 0.25) is 0 Å². The number of aromatic amines is 1. The van der Waals surface area contributed by atoms with Crippen molar-refractivity contribution in [3.63, 3.8) is 0 Å². The zero-order valence-electron chi connectivity index (χ0n) is 24.2. The minimum absolute atomic E-state index is 0.183. The maximum absolute atomic E-state index is 13.1. The number of amidine groups is 1. The van der Waals surface area contributed by atoms with E-state index in [4.69, 9.17) is 16.9 Å². The lowest BCUT2D eigenvalue weighted by molar-refractivity contribution is 0.245. The van der Waals surface area contributed by atoms with Crippen LogP contribution in [0.3, 0.4) is 0 Å². The molecule has 222 valence electrons. The van der Waals surface area contributed by atoms with Crippen LogP contribution in [0.5, 0.6) is 0 Å². The standard InChI is InChI=1S/C30H45N9OS/c1-19(31)5-4-13-38-18-23(34-2)16-27(38)26-15-21-17-39(30(40)37-28(21)36-26)24-10-8-20(9-11-24)25-7-3-6-22(35-25)12-14-41-29(32)33/h8-11,15,17,19,22-23,25,27,34-35H,3-7,12-14,16,18,31H2,1-2H3,(H3,32,33)(H,36,37,40)/t19-,22+,23-,25+,27?/m1/s1. The van der Waals surface area contributed by atoms with Gasteiger partial charge in [0.1, 0.15) is 5.65 Å². The summed E-state index contributed by atoms with van der Waals surface area (Å²) >= 11 is 1.41. The van der Waals surface area contributed by atoms with Crippen LogP contribution in [-0.2, 0) is 0 Å². The minimum Gasteiger partial charge on any atom is -0.379 e. The summed E-state index contributed by atoms with van der Waals surface area (Å²) in [7, 11) is 2.02. The second-order valence-electron chi connectivity index (χ2n) is 11.7. The fraction of sp³-hybridized carbons (Fsp3) is 0.567. The molecule has 0 bridgehead atoms. The third-order valence-electron chi connectivity index (χ3n) is 8.58. The summed E-state index contributed by atoms with van der Waals surface area (Å²) in [5.41, 5.74) is 15.0. The van der Waals surface area contributed by atoms with Crippen LogP contribution in [0.1, 0.15) is 75.2 Å². The van der Waals surface area contributed by atoms with E-state index in [2.05, 4.69) is 50.6 Å². The summed E-state index contributed by atoms with van der Waals surface area (Å²) < 4.78 is 1.64. The highest BCUT2D eigenvalue weighted by Gasteiger charge is 2.33. The predicted octanol–water partition coefficient (Wildman–Crippen LogP) is 3.38. The Hall–Kier alpha value is -2.70. The van der Waals surface area contributed by atoms with E-state index in [1.807, 2.05) is 25.4 Å². The average molecular weight is 580 g/mol. The lowest BCUT2D eigenvalue weighted by atomic mass is 9.92. The van der Waals surface area contributed by atoms with Gasteiger partial charge in [0.2, 0.25) is 0 Å². The molecule has 4 heterocycles. The number of piperidine rings is 1. The summed E-state index contributed by atoms with van der Waals surface area (Å²) in [6, 6.07) is 12.1. The fourth-order valence-corrected chi connectivity index (χ4v) is 6.99. The molecule has 0 spiro atoms. The molecule has 2 aromatic heterocycles. The van der Waals surface area contributed by atoms with Gasteiger partial charge in [-0.05, 0) is 82.8 Å². The number of aromatic nitrogens is 3. The van der Waals surface area contributed by atoms with Gasteiger partial charge in [0.25, 0.3) is 0 Å². The molecule has 1 aromatic carbocycles. The Morgan fingerprint density at radius 2 is 2.10 bits per heavy atom. The van der Waals surface area contributed by atoms with Crippen molar-refractivity contribution in [3.05, 3.63) is 58.3 Å². The fourth-order valence-electron chi connectivity index (χ4n) is 6.37. The van der Waals surface area contributed by atoms with Crippen LogP contribution in [0.25, 0.3) is 16.7 Å². The van der Waals surface area contributed by atoms with E-state index >= 15 is 0 Å². The van der Waals surface area contributed by atoms with Gasteiger partial charge in [-0.15, -0.1) is 0 Å². The van der Waals surface area contributed by atoms with E-state index in [0.717, 1.165) is 74.1 Å².